The highest BCUT2D eigenvalue weighted by atomic mass is 16.4. The average molecular weight is 291 g/mol. The van der Waals surface area contributed by atoms with Crippen molar-refractivity contribution in [3.63, 3.8) is 0 Å². The Morgan fingerprint density at radius 3 is 2.48 bits per heavy atom. The summed E-state index contributed by atoms with van der Waals surface area (Å²) in [5.74, 6) is -0.915. The third-order valence-electron chi connectivity index (χ3n) is 4.44. The van der Waals surface area contributed by atoms with Gasteiger partial charge in [0.2, 0.25) is 0 Å². The molecule has 5 nitrogen and oxygen atoms in total. The van der Waals surface area contributed by atoms with Crippen molar-refractivity contribution in [3.05, 3.63) is 29.3 Å². The maximum absolute atomic E-state index is 12.4. The van der Waals surface area contributed by atoms with Crippen LogP contribution in [0.3, 0.4) is 0 Å². The Kier molecular flexibility index (Phi) is 4.21. The van der Waals surface area contributed by atoms with E-state index >= 15 is 0 Å². The summed E-state index contributed by atoms with van der Waals surface area (Å²) in [5, 5.41) is 21.9. The van der Waals surface area contributed by atoms with Gasteiger partial charge in [0.15, 0.2) is 0 Å². The molecule has 21 heavy (non-hydrogen) atoms. The van der Waals surface area contributed by atoms with E-state index in [2.05, 4.69) is 12.2 Å². The number of phenols is 1. The van der Waals surface area contributed by atoms with Crippen molar-refractivity contribution in [2.45, 2.75) is 45.1 Å². The van der Waals surface area contributed by atoms with Gasteiger partial charge in [0.1, 0.15) is 11.3 Å². The molecule has 0 saturated heterocycles. The highest BCUT2D eigenvalue weighted by Crippen LogP contribution is 2.32. The highest BCUT2D eigenvalue weighted by Gasteiger charge is 2.42. The van der Waals surface area contributed by atoms with Crippen LogP contribution in [0.2, 0.25) is 0 Å². The molecule has 3 N–H and O–H groups in total. The first-order chi connectivity index (χ1) is 9.85. The van der Waals surface area contributed by atoms with Gasteiger partial charge in [0.25, 0.3) is 5.91 Å². The van der Waals surface area contributed by atoms with Crippen LogP contribution in [-0.4, -0.2) is 27.6 Å². The SMILES string of the molecule is Cc1c(O)cccc1C(=O)NC1(C(=O)O)CCC(C)CC1. The standard InChI is InChI=1S/C16H21NO4/c1-10-6-8-16(9-7-10,15(20)21)17-14(19)12-4-3-5-13(18)11(12)2/h3-5,10,18H,6-9H2,1-2H3,(H,17,19)(H,20,21). The number of nitrogens with one attached hydrogen (secondary N) is 1. The Morgan fingerprint density at radius 2 is 1.90 bits per heavy atom. The maximum atomic E-state index is 12.4. The van der Waals surface area contributed by atoms with Gasteiger partial charge in [-0.2, -0.15) is 0 Å². The minimum absolute atomic E-state index is 0.0318. The Morgan fingerprint density at radius 1 is 1.29 bits per heavy atom. The number of hydrogen-bond donors (Lipinski definition) is 3. The minimum atomic E-state index is -1.19. The van der Waals surface area contributed by atoms with Crippen molar-refractivity contribution in [3.8, 4) is 5.75 Å². The van der Waals surface area contributed by atoms with Crippen LogP contribution in [-0.2, 0) is 4.79 Å². The lowest BCUT2D eigenvalue weighted by atomic mass is 9.77. The van der Waals surface area contributed by atoms with Crippen molar-refractivity contribution in [2.75, 3.05) is 0 Å². The Hall–Kier alpha value is -2.04. The van der Waals surface area contributed by atoms with Crippen LogP contribution in [0.15, 0.2) is 18.2 Å². The second kappa shape index (κ2) is 5.76. The molecular weight excluding hydrogens is 270 g/mol. The van der Waals surface area contributed by atoms with Crippen LogP contribution in [0.4, 0.5) is 0 Å². The summed E-state index contributed by atoms with van der Waals surface area (Å²) in [6.45, 7) is 3.73. The number of carbonyl (C=O) groups excluding carboxylic acids is 1. The number of amides is 1. The molecule has 1 aromatic rings. The molecular formula is C16H21NO4. The van der Waals surface area contributed by atoms with E-state index in [1.807, 2.05) is 0 Å². The normalized spacial score (nSPS) is 25.3. The lowest BCUT2D eigenvalue weighted by Crippen LogP contribution is -2.56. The van der Waals surface area contributed by atoms with Gasteiger partial charge in [-0.15, -0.1) is 0 Å². The first-order valence-electron chi connectivity index (χ1n) is 7.20. The van der Waals surface area contributed by atoms with Crippen molar-refractivity contribution >= 4 is 11.9 Å². The van der Waals surface area contributed by atoms with Gasteiger partial charge in [-0.05, 0) is 50.7 Å². The number of phenolic OH excluding ortho intramolecular Hbond substituents is 1. The molecule has 5 heteroatoms. The molecule has 1 aromatic carbocycles. The predicted molar refractivity (Wildman–Crippen MR) is 78.3 cm³/mol. The molecule has 2 rings (SSSR count). The Bertz CT molecular complexity index is 559. The number of aliphatic carboxylic acids is 1. The van der Waals surface area contributed by atoms with E-state index in [4.69, 9.17) is 0 Å². The lowest BCUT2D eigenvalue weighted by Gasteiger charge is -2.36. The third-order valence-corrected chi connectivity index (χ3v) is 4.44. The van der Waals surface area contributed by atoms with E-state index in [1.165, 1.54) is 6.07 Å². The van der Waals surface area contributed by atoms with Gasteiger partial charge in [0, 0.05) is 11.1 Å². The largest absolute Gasteiger partial charge is 0.508 e. The van der Waals surface area contributed by atoms with Crippen LogP contribution in [0.5, 0.6) is 5.75 Å². The van der Waals surface area contributed by atoms with Gasteiger partial charge >= 0.3 is 5.97 Å². The van der Waals surface area contributed by atoms with E-state index in [0.29, 0.717) is 29.9 Å². The summed E-state index contributed by atoms with van der Waals surface area (Å²) in [6.07, 6.45) is 2.44. The number of aromatic hydroxyl groups is 1. The molecule has 0 radical (unpaired) electrons. The topological polar surface area (TPSA) is 86.6 Å². The molecule has 114 valence electrons. The molecule has 0 atom stereocenters. The summed E-state index contributed by atoms with van der Waals surface area (Å²) >= 11 is 0. The highest BCUT2D eigenvalue weighted by molar-refractivity contribution is 5.99. The quantitative estimate of drug-likeness (QED) is 0.798. The molecule has 1 amide bonds. The number of carboxylic acid groups (broad SMARTS) is 1. The van der Waals surface area contributed by atoms with E-state index in [0.717, 1.165) is 12.8 Å². The summed E-state index contributed by atoms with van der Waals surface area (Å²) in [5.41, 5.74) is -0.421. The van der Waals surface area contributed by atoms with Gasteiger partial charge < -0.3 is 15.5 Å². The fourth-order valence-electron chi connectivity index (χ4n) is 2.80. The first-order valence-corrected chi connectivity index (χ1v) is 7.20. The van der Waals surface area contributed by atoms with Gasteiger partial charge in [-0.25, -0.2) is 4.79 Å². The monoisotopic (exact) mass is 291 g/mol. The van der Waals surface area contributed by atoms with Crippen molar-refractivity contribution < 1.29 is 19.8 Å². The molecule has 0 heterocycles. The second-order valence-corrected chi connectivity index (χ2v) is 5.97. The van der Waals surface area contributed by atoms with Gasteiger partial charge in [-0.1, -0.05) is 13.0 Å². The summed E-state index contributed by atoms with van der Waals surface area (Å²) < 4.78 is 0. The summed E-state index contributed by atoms with van der Waals surface area (Å²) in [7, 11) is 0. The van der Waals surface area contributed by atoms with Crippen LogP contribution in [0.25, 0.3) is 0 Å². The van der Waals surface area contributed by atoms with Crippen molar-refractivity contribution in [1.82, 2.24) is 5.32 Å². The number of hydrogen-bond acceptors (Lipinski definition) is 3. The number of carbonyl (C=O) groups is 2. The maximum Gasteiger partial charge on any atom is 0.329 e. The Labute approximate surface area is 124 Å². The second-order valence-electron chi connectivity index (χ2n) is 5.97. The van der Waals surface area contributed by atoms with Gasteiger partial charge in [0.05, 0.1) is 0 Å². The van der Waals surface area contributed by atoms with E-state index in [9.17, 15) is 19.8 Å². The molecule has 0 aromatic heterocycles. The predicted octanol–water partition coefficient (Wildman–Crippen LogP) is 2.46. The van der Waals surface area contributed by atoms with E-state index in [1.54, 1.807) is 19.1 Å². The van der Waals surface area contributed by atoms with Crippen molar-refractivity contribution in [2.24, 2.45) is 5.92 Å². The third kappa shape index (κ3) is 3.01. The molecule has 0 aliphatic heterocycles. The lowest BCUT2D eigenvalue weighted by molar-refractivity contribution is -0.146. The van der Waals surface area contributed by atoms with Crippen LogP contribution in [0, 0.1) is 12.8 Å². The number of carboxylic acids is 1. The smallest absolute Gasteiger partial charge is 0.329 e. The van der Waals surface area contributed by atoms with Gasteiger partial charge in [-0.3, -0.25) is 4.79 Å². The van der Waals surface area contributed by atoms with Crippen molar-refractivity contribution in [1.29, 1.82) is 0 Å². The molecule has 0 spiro atoms. The first kappa shape index (κ1) is 15.4. The molecule has 1 fully saturated rings. The summed E-state index contributed by atoms with van der Waals surface area (Å²) in [6, 6.07) is 4.67. The molecule has 0 unspecified atom stereocenters. The Balaban J connectivity index is 2.23. The fraction of sp³-hybridized carbons (Fsp3) is 0.500. The zero-order valence-electron chi connectivity index (χ0n) is 12.3. The fourth-order valence-corrected chi connectivity index (χ4v) is 2.80. The molecule has 1 aliphatic carbocycles. The van der Waals surface area contributed by atoms with Crippen LogP contribution < -0.4 is 5.32 Å². The minimum Gasteiger partial charge on any atom is -0.508 e. The molecule has 1 aliphatic rings. The molecule has 0 bridgehead atoms. The van der Waals surface area contributed by atoms with E-state index < -0.39 is 17.4 Å². The zero-order chi connectivity index (χ0) is 15.6. The number of benzene rings is 1. The van der Waals surface area contributed by atoms with Crippen LogP contribution in [0.1, 0.15) is 48.5 Å². The molecule has 1 saturated carbocycles. The van der Waals surface area contributed by atoms with E-state index in [-0.39, 0.29) is 5.75 Å². The van der Waals surface area contributed by atoms with Crippen LogP contribution >= 0.6 is 0 Å². The zero-order valence-corrected chi connectivity index (χ0v) is 12.3. The number of rotatable bonds is 3. The average Bonchev–Trinajstić information content (AvgIpc) is 2.44. The summed E-state index contributed by atoms with van der Waals surface area (Å²) in [4.78, 5) is 24.0.